The summed E-state index contributed by atoms with van der Waals surface area (Å²) < 4.78 is 21.3. The molecule has 2 aromatic heterocycles. The van der Waals surface area contributed by atoms with Gasteiger partial charge in [-0.25, -0.2) is 0 Å². The third-order valence-electron chi connectivity index (χ3n) is 8.41. The molecule has 49 heavy (non-hydrogen) atoms. The summed E-state index contributed by atoms with van der Waals surface area (Å²) in [5.41, 5.74) is 7.65. The molecule has 0 aliphatic rings. The van der Waals surface area contributed by atoms with Gasteiger partial charge in [0, 0.05) is 48.6 Å². The normalized spacial score (nSPS) is 11.2. The van der Waals surface area contributed by atoms with E-state index >= 15 is 0 Å². The van der Waals surface area contributed by atoms with Crippen LogP contribution in [0.4, 0.5) is 0 Å². The molecule has 0 fully saturated rings. The monoisotopic (exact) mass is 653 g/mol. The maximum absolute atomic E-state index is 10.1. The molecule has 2 heterocycles. The Bertz CT molecular complexity index is 2040. The van der Waals surface area contributed by atoms with Crippen molar-refractivity contribution < 1.29 is 38.3 Å². The minimum atomic E-state index is -1.58. The van der Waals surface area contributed by atoms with Gasteiger partial charge < -0.3 is 29.2 Å². The fourth-order valence-electron chi connectivity index (χ4n) is 6.07. The van der Waals surface area contributed by atoms with Gasteiger partial charge in [-0.05, 0) is 58.9 Å². The fourth-order valence-corrected chi connectivity index (χ4v) is 6.07. The van der Waals surface area contributed by atoms with Crippen LogP contribution < -0.4 is 19.3 Å². The molecular weight excluding hydrogens is 614 g/mol. The summed E-state index contributed by atoms with van der Waals surface area (Å²) in [7, 11) is -0.897. The number of rotatable bonds is 16. The summed E-state index contributed by atoms with van der Waals surface area (Å²) in [6, 6.07) is 34.0. The standard InChI is InChI=1S/C39H39B2N2O6/c1-2-29-11-13-30(14-12-29)27-47-19-6-20-48-28-33-21-32(22-34(23-33)41(45)46)26-43-18-5-10-37-36-9-4-17-42(38(36)15-16-39(37)43)25-31-7-3-8-35(24-31)49-40-44/h2-5,7-18,21-24,44-46H,1,6,19-20,25-28H2/q+2. The van der Waals surface area contributed by atoms with Gasteiger partial charge in [-0.3, -0.25) is 0 Å². The average molecular weight is 653 g/mol. The molecular formula is C39H39B2N2O6+2. The third-order valence-corrected chi connectivity index (χ3v) is 8.41. The van der Waals surface area contributed by atoms with E-state index in [1.165, 1.54) is 0 Å². The molecule has 0 unspecified atom stereocenters. The van der Waals surface area contributed by atoms with Gasteiger partial charge in [-0.1, -0.05) is 61.2 Å². The van der Waals surface area contributed by atoms with Crippen molar-refractivity contribution in [1.82, 2.24) is 0 Å². The van der Waals surface area contributed by atoms with Crippen LogP contribution in [-0.2, 0) is 35.8 Å². The van der Waals surface area contributed by atoms with Crippen LogP contribution in [0.1, 0.15) is 34.2 Å². The predicted molar refractivity (Wildman–Crippen MR) is 192 cm³/mol. The van der Waals surface area contributed by atoms with Crippen molar-refractivity contribution in [2.24, 2.45) is 0 Å². The molecule has 8 nitrogen and oxygen atoms in total. The molecule has 4 aromatic carbocycles. The first-order valence-electron chi connectivity index (χ1n) is 16.3. The number of hydrogen-bond acceptors (Lipinski definition) is 6. The van der Waals surface area contributed by atoms with Crippen LogP contribution in [0.5, 0.6) is 5.75 Å². The quantitative estimate of drug-likeness (QED) is 0.0633. The smallest absolute Gasteiger partial charge is 0.537 e. The van der Waals surface area contributed by atoms with Crippen molar-refractivity contribution in [3.05, 3.63) is 150 Å². The summed E-state index contributed by atoms with van der Waals surface area (Å²) >= 11 is 0. The van der Waals surface area contributed by atoms with Gasteiger partial charge in [0.2, 0.25) is 11.0 Å². The SMILES string of the molecule is C=Cc1ccc(COCCCOCc2cc(C[n+]3cccc4c5ccc[n+](Cc6cccc(O[B]O)c6)c5ccc43)cc(B(O)O)c2)cc1. The Morgan fingerprint density at radius 1 is 0.673 bits per heavy atom. The van der Waals surface area contributed by atoms with Gasteiger partial charge in [0.05, 0.1) is 24.0 Å². The third kappa shape index (κ3) is 8.80. The van der Waals surface area contributed by atoms with Crippen LogP contribution in [0, 0.1) is 0 Å². The van der Waals surface area contributed by atoms with E-state index in [9.17, 15) is 10.0 Å². The number of benzene rings is 4. The minimum absolute atomic E-state index is 0.356. The van der Waals surface area contributed by atoms with Gasteiger partial charge in [-0.15, -0.1) is 0 Å². The van der Waals surface area contributed by atoms with Crippen molar-refractivity contribution in [2.75, 3.05) is 13.2 Å². The van der Waals surface area contributed by atoms with Crippen molar-refractivity contribution in [2.45, 2.75) is 32.7 Å². The van der Waals surface area contributed by atoms with Crippen LogP contribution >= 0.6 is 0 Å². The second-order valence-corrected chi connectivity index (χ2v) is 11.9. The number of pyridine rings is 2. The van der Waals surface area contributed by atoms with Gasteiger partial charge >= 0.3 is 14.8 Å². The minimum Gasteiger partial charge on any atom is -0.537 e. The first-order chi connectivity index (χ1) is 24.0. The van der Waals surface area contributed by atoms with Crippen molar-refractivity contribution in [3.8, 4) is 5.75 Å². The Kier molecular flexibility index (Phi) is 11.5. The van der Waals surface area contributed by atoms with Gasteiger partial charge in [0.25, 0.3) is 0 Å². The summed E-state index contributed by atoms with van der Waals surface area (Å²) in [5.74, 6) is 0.576. The highest BCUT2D eigenvalue weighted by atomic mass is 16.5. The molecule has 3 N–H and O–H groups in total. The first-order valence-corrected chi connectivity index (χ1v) is 16.3. The van der Waals surface area contributed by atoms with Crippen molar-refractivity contribution in [1.29, 1.82) is 0 Å². The van der Waals surface area contributed by atoms with E-state index in [2.05, 4.69) is 52.2 Å². The van der Waals surface area contributed by atoms with E-state index in [1.54, 1.807) is 12.1 Å². The maximum atomic E-state index is 10.1. The number of nitrogens with zero attached hydrogens (tertiary/aromatic N) is 2. The zero-order valence-electron chi connectivity index (χ0n) is 27.3. The van der Waals surface area contributed by atoms with E-state index in [4.69, 9.17) is 19.2 Å². The molecule has 6 rings (SSSR count). The summed E-state index contributed by atoms with van der Waals surface area (Å²) in [5, 5.41) is 31.4. The molecule has 10 heteroatoms. The van der Waals surface area contributed by atoms with Crippen LogP contribution in [0.3, 0.4) is 0 Å². The summed E-state index contributed by atoms with van der Waals surface area (Å²) in [4.78, 5) is 0. The largest absolute Gasteiger partial charge is 0.569 e. The van der Waals surface area contributed by atoms with Crippen LogP contribution in [0.15, 0.2) is 122 Å². The van der Waals surface area contributed by atoms with Crippen LogP contribution in [0.2, 0.25) is 0 Å². The van der Waals surface area contributed by atoms with Crippen LogP contribution in [-0.4, -0.2) is 43.1 Å². The molecule has 6 aromatic rings. The molecule has 245 valence electrons. The molecule has 0 aliphatic heterocycles. The maximum Gasteiger partial charge on any atom is 0.569 e. The van der Waals surface area contributed by atoms with E-state index in [0.29, 0.717) is 58.4 Å². The Labute approximate surface area is 287 Å². The van der Waals surface area contributed by atoms with Gasteiger partial charge in [0.15, 0.2) is 25.5 Å². The van der Waals surface area contributed by atoms with E-state index in [-0.39, 0.29) is 0 Å². The molecule has 0 spiro atoms. The zero-order valence-corrected chi connectivity index (χ0v) is 27.3. The molecule has 0 aliphatic carbocycles. The lowest BCUT2D eigenvalue weighted by molar-refractivity contribution is -0.664. The zero-order chi connectivity index (χ0) is 34.0. The second-order valence-electron chi connectivity index (χ2n) is 11.9. The highest BCUT2D eigenvalue weighted by Crippen LogP contribution is 2.22. The average Bonchev–Trinajstić information content (AvgIpc) is 3.12. The number of ether oxygens (including phenoxy) is 2. The number of aromatic nitrogens is 2. The van der Waals surface area contributed by atoms with Crippen LogP contribution in [0.25, 0.3) is 27.9 Å². The molecule has 1 radical (unpaired) electrons. The Morgan fingerprint density at radius 2 is 1.31 bits per heavy atom. The lowest BCUT2D eigenvalue weighted by Crippen LogP contribution is -2.37. The van der Waals surface area contributed by atoms with E-state index in [1.807, 2.05) is 72.9 Å². The topological polar surface area (TPSA) is 96.1 Å². The van der Waals surface area contributed by atoms with Gasteiger partial charge in [0.1, 0.15) is 5.75 Å². The second kappa shape index (κ2) is 16.5. The molecule has 0 atom stereocenters. The highest BCUT2D eigenvalue weighted by molar-refractivity contribution is 6.58. The number of hydrogen-bond donors (Lipinski definition) is 3. The molecule has 0 saturated carbocycles. The lowest BCUT2D eigenvalue weighted by atomic mass is 9.78. The Morgan fingerprint density at radius 3 is 1.94 bits per heavy atom. The highest BCUT2D eigenvalue weighted by Gasteiger charge is 2.19. The lowest BCUT2D eigenvalue weighted by Gasteiger charge is -2.10. The summed E-state index contributed by atoms with van der Waals surface area (Å²) in [6.07, 6.45) is 6.67. The predicted octanol–water partition coefficient (Wildman–Crippen LogP) is 4.02. The Balaban J connectivity index is 1.13. The Hall–Kier alpha value is -4.83. The molecule has 0 saturated heterocycles. The fraction of sp³-hybridized carbons (Fsp3) is 0.179. The number of fused-ring (bicyclic) bond motifs is 3. The first kappa shape index (κ1) is 34.0. The molecule has 0 amide bonds. The summed E-state index contributed by atoms with van der Waals surface area (Å²) in [6.45, 7) is 6.98. The van der Waals surface area contributed by atoms with E-state index in [0.717, 1.165) is 56.0 Å². The van der Waals surface area contributed by atoms with Gasteiger partial charge in [-0.2, -0.15) is 9.13 Å². The molecule has 0 bridgehead atoms. The van der Waals surface area contributed by atoms with Crippen molar-refractivity contribution >= 4 is 48.1 Å². The van der Waals surface area contributed by atoms with Crippen molar-refractivity contribution in [3.63, 3.8) is 0 Å². The van der Waals surface area contributed by atoms with E-state index < -0.39 is 7.12 Å².